The molecule has 0 bridgehead atoms. The molecule has 196 valence electrons. The summed E-state index contributed by atoms with van der Waals surface area (Å²) in [4.78, 5) is 79.9. The number of hydrogen-bond donors (Lipinski definition) is 13. The number of aliphatic hydroxyl groups excluding tert-OH is 3. The van der Waals surface area contributed by atoms with Crippen molar-refractivity contribution in [1.82, 2.24) is 9.55 Å². The molecule has 23 heteroatoms. The molecule has 4 atom stereocenters. The maximum atomic E-state index is 11.7. The molecule has 0 amide bonds. The Hall–Kier alpha value is -1.15. The number of nitrogen functional groups attached to an aromatic ring is 1. The van der Waals surface area contributed by atoms with Gasteiger partial charge in [0, 0.05) is 11.8 Å². The minimum absolute atomic E-state index is 0.1000. The Kier molecular flexibility index (Phi) is 14.1. The fourth-order valence-corrected chi connectivity index (χ4v) is 1.87. The van der Waals surface area contributed by atoms with E-state index in [-0.39, 0.29) is 5.82 Å². The zero-order valence-electron chi connectivity index (χ0n) is 16.3. The van der Waals surface area contributed by atoms with Crippen molar-refractivity contribution in [3.63, 3.8) is 0 Å². The second-order valence-electron chi connectivity index (χ2n) is 5.77. The van der Waals surface area contributed by atoms with Crippen LogP contribution in [0.4, 0.5) is 5.82 Å². The molecule has 0 aliphatic carbocycles. The molecule has 0 spiro atoms. The van der Waals surface area contributed by atoms with Gasteiger partial charge in [-0.2, -0.15) is 4.98 Å². The molecule has 1 aliphatic rings. The van der Waals surface area contributed by atoms with E-state index < -0.39 is 60.3 Å². The van der Waals surface area contributed by atoms with E-state index in [1.54, 1.807) is 6.92 Å². The van der Waals surface area contributed by atoms with Gasteiger partial charge >= 0.3 is 29.2 Å². The summed E-state index contributed by atoms with van der Waals surface area (Å²) in [7, 11) is -13.9. The molecular weight excluding hydrogens is 527 g/mol. The molecule has 20 nitrogen and oxygen atoms in total. The van der Waals surface area contributed by atoms with Gasteiger partial charge in [-0.15, -0.1) is 0 Å². The first-order valence-electron chi connectivity index (χ1n) is 7.78. The Morgan fingerprint density at radius 2 is 1.30 bits per heavy atom. The second-order valence-corrected chi connectivity index (χ2v) is 8.85. The van der Waals surface area contributed by atoms with Crippen molar-refractivity contribution in [1.29, 1.82) is 0 Å². The van der Waals surface area contributed by atoms with E-state index in [4.69, 9.17) is 73.3 Å². The number of phosphoric acid groups is 3. The first-order chi connectivity index (χ1) is 14.5. The van der Waals surface area contributed by atoms with Crippen LogP contribution in [0.1, 0.15) is 11.8 Å². The summed E-state index contributed by atoms with van der Waals surface area (Å²) < 4.78 is 32.9. The van der Waals surface area contributed by atoms with E-state index in [1.807, 2.05) is 0 Å². The summed E-state index contributed by atoms with van der Waals surface area (Å²) >= 11 is 0. The van der Waals surface area contributed by atoms with Crippen LogP contribution in [0.3, 0.4) is 0 Å². The van der Waals surface area contributed by atoms with Gasteiger partial charge in [-0.25, -0.2) is 18.5 Å². The molecule has 2 heterocycles. The van der Waals surface area contributed by atoms with E-state index in [2.05, 4.69) is 4.98 Å². The third-order valence-corrected chi connectivity index (χ3v) is 2.97. The third-order valence-electron chi connectivity index (χ3n) is 2.97. The standard InChI is InChI=1S/C10H15N3O5.3H3O4P/c1-4-2-13(10(17)12-8(4)11)9-7(16)6(15)5(3-14)18-9;3*1-5(2,3)4/h2,5-7,9,14-16H,3H2,1H3,(H2,11,12,17);3*(H3,1,2,3,4)/t5-,6-,7-,9-;;;/m1.../s1. The molecule has 1 aromatic heterocycles. The van der Waals surface area contributed by atoms with Crippen LogP contribution in [-0.4, -0.2) is 93.8 Å². The van der Waals surface area contributed by atoms with Crippen molar-refractivity contribution in [3.8, 4) is 0 Å². The van der Waals surface area contributed by atoms with E-state index in [9.17, 15) is 15.0 Å². The first kappa shape index (κ1) is 34.0. The summed E-state index contributed by atoms with van der Waals surface area (Å²) in [6, 6.07) is 0. The smallest absolute Gasteiger partial charge is 0.394 e. The molecule has 1 aromatic rings. The predicted molar refractivity (Wildman–Crippen MR) is 103 cm³/mol. The van der Waals surface area contributed by atoms with E-state index in [0.717, 1.165) is 4.57 Å². The van der Waals surface area contributed by atoms with Crippen molar-refractivity contribution in [2.75, 3.05) is 12.3 Å². The Labute approximate surface area is 183 Å². The van der Waals surface area contributed by atoms with Crippen molar-refractivity contribution >= 4 is 29.3 Å². The SMILES string of the molecule is Cc1cn([C@@H]2O[C@H](CO)[C@@H](O)[C@H]2O)c(=O)nc1N.O=P(O)(O)O.O=P(O)(O)O.O=P(O)(O)O. The van der Waals surface area contributed by atoms with Crippen LogP contribution in [0.5, 0.6) is 0 Å². The highest BCUT2D eigenvalue weighted by Crippen LogP contribution is 2.28. The molecule has 0 unspecified atom stereocenters. The lowest BCUT2D eigenvalue weighted by Crippen LogP contribution is -2.36. The lowest BCUT2D eigenvalue weighted by atomic mass is 10.1. The van der Waals surface area contributed by atoms with Crippen LogP contribution in [0, 0.1) is 6.92 Å². The van der Waals surface area contributed by atoms with Crippen LogP contribution in [0.15, 0.2) is 11.0 Å². The van der Waals surface area contributed by atoms with Gasteiger partial charge in [0.15, 0.2) is 6.23 Å². The summed E-state index contributed by atoms with van der Waals surface area (Å²) in [6.07, 6.45) is -3.20. The minimum Gasteiger partial charge on any atom is -0.394 e. The van der Waals surface area contributed by atoms with E-state index >= 15 is 0 Å². The normalized spacial score (nSPS) is 22.7. The number of ether oxygens (including phenoxy) is 1. The number of nitrogens with zero attached hydrogens (tertiary/aromatic N) is 2. The van der Waals surface area contributed by atoms with Gasteiger partial charge in [-0.1, -0.05) is 0 Å². The van der Waals surface area contributed by atoms with Crippen LogP contribution < -0.4 is 11.4 Å². The molecule has 0 saturated carbocycles. The van der Waals surface area contributed by atoms with E-state index in [0.29, 0.717) is 5.56 Å². The monoisotopic (exact) mass is 551 g/mol. The van der Waals surface area contributed by atoms with Gasteiger partial charge in [-0.05, 0) is 6.92 Å². The van der Waals surface area contributed by atoms with Gasteiger partial charge in [0.25, 0.3) is 0 Å². The number of nitrogens with two attached hydrogens (primary N) is 1. The average Bonchev–Trinajstić information content (AvgIpc) is 2.81. The third kappa shape index (κ3) is 18.9. The van der Waals surface area contributed by atoms with Crippen molar-refractivity contribution < 1.29 is 77.8 Å². The largest absolute Gasteiger partial charge is 0.466 e. The van der Waals surface area contributed by atoms with Gasteiger partial charge in [-0.3, -0.25) is 4.57 Å². The summed E-state index contributed by atoms with van der Waals surface area (Å²) in [5, 5.41) is 28.4. The van der Waals surface area contributed by atoms with E-state index in [1.165, 1.54) is 6.20 Å². The van der Waals surface area contributed by atoms with Crippen molar-refractivity contribution in [2.24, 2.45) is 0 Å². The molecule has 2 rings (SSSR count). The molecule has 14 N–H and O–H groups in total. The highest BCUT2D eigenvalue weighted by molar-refractivity contribution is 7.45. The maximum Gasteiger partial charge on any atom is 0.466 e. The summed E-state index contributed by atoms with van der Waals surface area (Å²) in [5.74, 6) is 0.1000. The molecule has 33 heavy (non-hydrogen) atoms. The zero-order valence-corrected chi connectivity index (χ0v) is 19.0. The second kappa shape index (κ2) is 13.7. The van der Waals surface area contributed by atoms with Crippen molar-refractivity contribution in [2.45, 2.75) is 31.5 Å². The predicted octanol–water partition coefficient (Wildman–Crippen LogP) is -5.04. The number of rotatable bonds is 2. The number of anilines is 1. The highest BCUT2D eigenvalue weighted by Gasteiger charge is 2.43. The lowest BCUT2D eigenvalue weighted by Gasteiger charge is -2.17. The average molecular weight is 551 g/mol. The number of aryl methyl sites for hydroxylation is 1. The Bertz CT molecular complexity index is 864. The lowest BCUT2D eigenvalue weighted by molar-refractivity contribution is -0.0550. The topological polar surface area (TPSA) is 364 Å². The molecule has 1 aliphatic heterocycles. The van der Waals surface area contributed by atoms with Crippen LogP contribution in [-0.2, 0) is 18.4 Å². The Balaban J connectivity index is 0. The molecule has 1 saturated heterocycles. The molecule has 0 radical (unpaired) electrons. The van der Waals surface area contributed by atoms with Crippen LogP contribution in [0.2, 0.25) is 0 Å². The van der Waals surface area contributed by atoms with Gasteiger partial charge in [0.05, 0.1) is 6.61 Å². The van der Waals surface area contributed by atoms with Gasteiger partial charge in [0.1, 0.15) is 24.1 Å². The maximum absolute atomic E-state index is 11.7. The number of hydrogen-bond acceptors (Lipinski definition) is 10. The van der Waals surface area contributed by atoms with Crippen molar-refractivity contribution in [3.05, 3.63) is 22.2 Å². The Morgan fingerprint density at radius 1 is 0.939 bits per heavy atom. The van der Waals surface area contributed by atoms with Gasteiger partial charge < -0.3 is 69.8 Å². The Morgan fingerprint density at radius 3 is 1.61 bits per heavy atom. The van der Waals surface area contributed by atoms with Crippen LogP contribution in [0.25, 0.3) is 0 Å². The summed E-state index contributed by atoms with van der Waals surface area (Å²) in [6.45, 7) is 1.20. The molecular formula is C10H24N3O17P3. The quantitative estimate of drug-likeness (QED) is 0.153. The number of aliphatic hydroxyl groups is 3. The minimum atomic E-state index is -4.64. The van der Waals surface area contributed by atoms with Crippen LogP contribution >= 0.6 is 23.5 Å². The molecule has 0 aromatic carbocycles. The van der Waals surface area contributed by atoms with Gasteiger partial charge in [0.2, 0.25) is 0 Å². The zero-order chi connectivity index (χ0) is 26.9. The highest BCUT2D eigenvalue weighted by atomic mass is 31.2. The first-order valence-corrected chi connectivity index (χ1v) is 12.5. The summed E-state index contributed by atoms with van der Waals surface area (Å²) in [5.41, 5.74) is 5.35. The fraction of sp³-hybridized carbons (Fsp3) is 0.600. The fourth-order valence-electron chi connectivity index (χ4n) is 1.87. The number of aromatic nitrogens is 2. The molecule has 1 fully saturated rings.